The lowest BCUT2D eigenvalue weighted by Crippen LogP contribution is -2.30. The number of ketones is 1. The van der Waals surface area contributed by atoms with Crippen LogP contribution in [-0.2, 0) is 4.79 Å². The van der Waals surface area contributed by atoms with Crippen LogP contribution in [0.15, 0.2) is 12.1 Å². The molecular weight excluding hydrogens is 479 g/mol. The van der Waals surface area contributed by atoms with E-state index in [1.165, 1.54) is 4.90 Å². The molecule has 0 unspecified atom stereocenters. The molecule has 0 aliphatic rings. The molecule has 0 saturated carbocycles. The van der Waals surface area contributed by atoms with E-state index in [0.29, 0.717) is 12.8 Å². The molecule has 0 aliphatic heterocycles. The van der Waals surface area contributed by atoms with Crippen molar-refractivity contribution in [3.8, 4) is 0 Å². The fraction of sp³-hybridized carbons (Fsp3) is 0.600. The molecule has 0 bridgehead atoms. The van der Waals surface area contributed by atoms with E-state index in [2.05, 4.69) is 0 Å². The average Bonchev–Trinajstić information content (AvgIpc) is 2.79. The van der Waals surface area contributed by atoms with Gasteiger partial charge in [-0.15, -0.1) is 23.2 Å². The normalized spacial score (nSPS) is 10.6. The maximum Gasteiger partial charge on any atom is 0.300 e. The van der Waals surface area contributed by atoms with Gasteiger partial charge in [0.1, 0.15) is 5.69 Å². The van der Waals surface area contributed by atoms with Crippen molar-refractivity contribution in [1.82, 2.24) is 5.48 Å². The van der Waals surface area contributed by atoms with E-state index < -0.39 is 32.9 Å². The Morgan fingerprint density at radius 3 is 1.94 bits per heavy atom. The number of unbranched alkanes of at least 4 members (excludes halogenated alkanes) is 5. The molecule has 1 amide bonds. The number of benzene rings is 1. The van der Waals surface area contributed by atoms with Gasteiger partial charge in [-0.1, -0.05) is 25.7 Å². The van der Waals surface area contributed by atoms with Crippen LogP contribution >= 0.6 is 23.2 Å². The molecule has 1 aromatic carbocycles. The summed E-state index contributed by atoms with van der Waals surface area (Å²) in [4.78, 5) is 46.9. The van der Waals surface area contributed by atoms with Crippen LogP contribution in [0.2, 0.25) is 0 Å². The summed E-state index contributed by atoms with van der Waals surface area (Å²) >= 11 is 11.7. The number of Topliss-reactive ketones (excluding diaryl/α,β-unsaturated/α-hetero) is 1. The van der Waals surface area contributed by atoms with Crippen LogP contribution in [0.3, 0.4) is 0 Å². The van der Waals surface area contributed by atoms with E-state index >= 15 is 0 Å². The molecule has 1 aromatic rings. The number of carbonyl (C=O) groups excluding carboxylic acids is 2. The molecule has 0 heterocycles. The molecule has 2 N–H and O–H groups in total. The predicted octanol–water partition coefficient (Wildman–Crippen LogP) is 4.60. The number of anilines is 1. The number of hydroxylamine groups is 1. The quantitative estimate of drug-likeness (QED) is 0.0774. The Kier molecular flexibility index (Phi) is 13.3. The van der Waals surface area contributed by atoms with E-state index in [1.54, 1.807) is 5.48 Å². The highest BCUT2D eigenvalue weighted by Crippen LogP contribution is 2.37. The van der Waals surface area contributed by atoms with Crippen molar-refractivity contribution in [2.24, 2.45) is 0 Å². The van der Waals surface area contributed by atoms with Crippen molar-refractivity contribution >= 4 is 52.0 Å². The van der Waals surface area contributed by atoms with Crippen LogP contribution in [0.1, 0.15) is 61.7 Å². The summed E-state index contributed by atoms with van der Waals surface area (Å²) in [5.41, 5.74) is 0.429. The number of nitro groups is 2. The molecule has 0 spiro atoms. The zero-order valence-corrected chi connectivity index (χ0v) is 19.6. The number of halogens is 2. The van der Waals surface area contributed by atoms with Crippen LogP contribution in [0.4, 0.5) is 17.1 Å². The van der Waals surface area contributed by atoms with Crippen molar-refractivity contribution in [3.05, 3.63) is 37.9 Å². The summed E-state index contributed by atoms with van der Waals surface area (Å²) in [6.45, 7) is 0.364. The number of rotatable bonds is 17. The van der Waals surface area contributed by atoms with Gasteiger partial charge in [0.05, 0.1) is 21.5 Å². The first kappa shape index (κ1) is 28.5. The second kappa shape index (κ2) is 15.4. The molecule has 1 rings (SSSR count). The second-order valence-electron chi connectivity index (χ2n) is 7.32. The Morgan fingerprint density at radius 1 is 0.909 bits per heavy atom. The number of carbonyl (C=O) groups is 2. The standard InChI is InChI=1S/C20H28Cl2N4O7/c21-9-11-24(12-10-22)20-16(13-15(25(30)31)14-17(20)26(32)33)18(27)7-5-3-1-2-4-6-8-19(28)23-29/h13-14,29H,1-12H2,(H,23,28). The maximum atomic E-state index is 13.0. The highest BCUT2D eigenvalue weighted by atomic mass is 35.5. The van der Waals surface area contributed by atoms with Gasteiger partial charge in [0, 0.05) is 43.8 Å². The maximum absolute atomic E-state index is 13.0. The van der Waals surface area contributed by atoms with Crippen LogP contribution < -0.4 is 10.4 Å². The van der Waals surface area contributed by atoms with Gasteiger partial charge < -0.3 is 4.90 Å². The topological polar surface area (TPSA) is 156 Å². The number of nitrogens with zero attached hydrogens (tertiary/aromatic N) is 3. The number of hydrogen-bond acceptors (Lipinski definition) is 8. The van der Waals surface area contributed by atoms with Crippen molar-refractivity contribution in [3.63, 3.8) is 0 Å². The van der Waals surface area contributed by atoms with Gasteiger partial charge in [-0.3, -0.25) is 35.0 Å². The first-order valence-corrected chi connectivity index (χ1v) is 11.6. The molecule has 0 aromatic heterocycles. The average molecular weight is 507 g/mol. The Hall–Kier alpha value is -2.50. The SMILES string of the molecule is O=C(CCCCCCCCC(=O)c1cc([N+](=O)[O-])cc([N+](=O)[O-])c1N(CCCl)CCCl)NO. The molecule has 0 fully saturated rings. The first-order chi connectivity index (χ1) is 15.8. The van der Waals surface area contributed by atoms with Crippen molar-refractivity contribution < 1.29 is 24.6 Å². The molecule has 0 radical (unpaired) electrons. The van der Waals surface area contributed by atoms with Crippen LogP contribution in [0, 0.1) is 20.2 Å². The van der Waals surface area contributed by atoms with Crippen LogP contribution in [-0.4, -0.2) is 51.6 Å². The minimum Gasteiger partial charge on any atom is -0.363 e. The second-order valence-corrected chi connectivity index (χ2v) is 8.08. The summed E-state index contributed by atoms with van der Waals surface area (Å²) in [5.74, 6) is -0.609. The van der Waals surface area contributed by atoms with Crippen LogP contribution in [0.5, 0.6) is 0 Å². The Morgan fingerprint density at radius 2 is 1.45 bits per heavy atom. The molecule has 184 valence electrons. The molecule has 13 heteroatoms. The molecule has 33 heavy (non-hydrogen) atoms. The summed E-state index contributed by atoms with van der Waals surface area (Å²) in [5, 5.41) is 31.4. The van der Waals surface area contributed by atoms with E-state index in [9.17, 15) is 29.8 Å². The minimum absolute atomic E-state index is 0.000870. The number of nitro benzene ring substituents is 2. The van der Waals surface area contributed by atoms with Gasteiger partial charge >= 0.3 is 0 Å². The van der Waals surface area contributed by atoms with E-state index in [4.69, 9.17) is 28.4 Å². The lowest BCUT2D eigenvalue weighted by atomic mass is 9.99. The third kappa shape index (κ3) is 9.48. The third-order valence-electron chi connectivity index (χ3n) is 4.99. The Balaban J connectivity index is 2.95. The first-order valence-electron chi connectivity index (χ1n) is 10.6. The van der Waals surface area contributed by atoms with Gasteiger partial charge in [0.25, 0.3) is 11.4 Å². The summed E-state index contributed by atoms with van der Waals surface area (Å²) in [6, 6.07) is 1.92. The zero-order chi connectivity index (χ0) is 24.8. The number of hydrogen-bond donors (Lipinski definition) is 2. The number of amides is 1. The number of nitrogens with one attached hydrogen (secondary N) is 1. The van der Waals surface area contributed by atoms with E-state index in [0.717, 1.165) is 37.8 Å². The molecule has 11 nitrogen and oxygen atoms in total. The summed E-state index contributed by atoms with van der Waals surface area (Å²) < 4.78 is 0. The lowest BCUT2D eigenvalue weighted by molar-refractivity contribution is -0.393. The highest BCUT2D eigenvalue weighted by Gasteiger charge is 2.30. The Labute approximate surface area is 201 Å². The lowest BCUT2D eigenvalue weighted by Gasteiger charge is -2.24. The summed E-state index contributed by atoms with van der Waals surface area (Å²) in [7, 11) is 0. The largest absolute Gasteiger partial charge is 0.363 e. The van der Waals surface area contributed by atoms with Crippen molar-refractivity contribution in [2.75, 3.05) is 29.7 Å². The molecule has 0 aliphatic carbocycles. The monoisotopic (exact) mass is 506 g/mol. The van der Waals surface area contributed by atoms with Gasteiger partial charge in [0.15, 0.2) is 5.78 Å². The third-order valence-corrected chi connectivity index (χ3v) is 5.33. The van der Waals surface area contributed by atoms with Crippen molar-refractivity contribution in [2.45, 2.75) is 51.4 Å². The smallest absolute Gasteiger partial charge is 0.300 e. The van der Waals surface area contributed by atoms with E-state index in [1.807, 2.05) is 0 Å². The highest BCUT2D eigenvalue weighted by molar-refractivity contribution is 6.19. The van der Waals surface area contributed by atoms with Gasteiger partial charge in [-0.05, 0) is 12.8 Å². The molecule has 0 saturated heterocycles. The molecule has 0 atom stereocenters. The van der Waals surface area contributed by atoms with E-state index in [-0.39, 0.29) is 48.9 Å². The number of alkyl halides is 2. The fourth-order valence-electron chi connectivity index (χ4n) is 3.40. The number of non-ortho nitro benzene ring substituents is 1. The predicted molar refractivity (Wildman–Crippen MR) is 125 cm³/mol. The van der Waals surface area contributed by atoms with Gasteiger partial charge in [0.2, 0.25) is 5.91 Å². The minimum atomic E-state index is -0.766. The summed E-state index contributed by atoms with van der Waals surface area (Å²) in [6.07, 6.45) is 4.66. The van der Waals surface area contributed by atoms with Gasteiger partial charge in [-0.2, -0.15) is 0 Å². The van der Waals surface area contributed by atoms with Crippen LogP contribution in [0.25, 0.3) is 0 Å². The van der Waals surface area contributed by atoms with Crippen molar-refractivity contribution in [1.29, 1.82) is 0 Å². The molecular formula is C20H28Cl2N4O7. The zero-order valence-electron chi connectivity index (χ0n) is 18.1. The Bertz CT molecular complexity index is 833. The fourth-order valence-corrected chi connectivity index (χ4v) is 3.81. The van der Waals surface area contributed by atoms with Gasteiger partial charge in [-0.25, -0.2) is 5.48 Å².